The molecule has 1 aromatic heterocycles. The van der Waals surface area contributed by atoms with Crippen LogP contribution in [-0.4, -0.2) is 34.1 Å². The Bertz CT molecular complexity index is 950. The maximum atomic E-state index is 11.6. The maximum Gasteiger partial charge on any atom is 0.354 e. The van der Waals surface area contributed by atoms with Crippen LogP contribution in [0.3, 0.4) is 0 Å². The third-order valence-electron chi connectivity index (χ3n) is 3.84. The van der Waals surface area contributed by atoms with E-state index in [9.17, 15) is 9.90 Å². The number of nitrogens with zero attached hydrogens (tertiary/aromatic N) is 2. The summed E-state index contributed by atoms with van der Waals surface area (Å²) in [5, 5.41) is 14.0. The minimum Gasteiger partial charge on any atom is -0.486 e. The van der Waals surface area contributed by atoms with Crippen LogP contribution < -0.4 is 9.47 Å². The van der Waals surface area contributed by atoms with Crippen LogP contribution in [0.4, 0.5) is 0 Å². The van der Waals surface area contributed by atoms with Gasteiger partial charge in [0, 0.05) is 10.0 Å². The predicted octanol–water partition coefficient (Wildman–Crippen LogP) is 3.77. The third kappa shape index (κ3) is 2.98. The van der Waals surface area contributed by atoms with Crippen LogP contribution in [0.2, 0.25) is 0 Å². The number of aromatic nitrogens is 2. The Morgan fingerprint density at radius 2 is 1.76 bits per heavy atom. The van der Waals surface area contributed by atoms with Crippen LogP contribution in [-0.2, 0) is 0 Å². The van der Waals surface area contributed by atoms with Crippen LogP contribution in [0, 0.1) is 0 Å². The summed E-state index contributed by atoms with van der Waals surface area (Å²) in [5.74, 6) is 0.277. The van der Waals surface area contributed by atoms with Crippen molar-refractivity contribution in [1.29, 1.82) is 0 Å². The molecule has 0 saturated carbocycles. The number of carboxylic acids is 1. The fourth-order valence-corrected chi connectivity index (χ4v) is 2.92. The molecule has 4 rings (SSSR count). The van der Waals surface area contributed by atoms with Crippen molar-refractivity contribution in [2.75, 3.05) is 13.2 Å². The molecule has 3 aromatic rings. The Kier molecular flexibility index (Phi) is 3.93. The Morgan fingerprint density at radius 1 is 1.04 bits per heavy atom. The highest BCUT2D eigenvalue weighted by Crippen LogP contribution is 2.34. The zero-order chi connectivity index (χ0) is 17.4. The van der Waals surface area contributed by atoms with Gasteiger partial charge in [0.2, 0.25) is 0 Å². The Hall–Kier alpha value is -2.80. The van der Waals surface area contributed by atoms with Crippen molar-refractivity contribution in [2.24, 2.45) is 0 Å². The second-order valence-corrected chi connectivity index (χ2v) is 6.38. The van der Waals surface area contributed by atoms with Crippen molar-refractivity contribution in [1.82, 2.24) is 9.78 Å². The zero-order valence-electron chi connectivity index (χ0n) is 13.0. The molecule has 2 heterocycles. The molecule has 1 N–H and O–H groups in total. The number of carboxylic acid groups (broad SMARTS) is 1. The molecule has 25 heavy (non-hydrogen) atoms. The van der Waals surface area contributed by atoms with Gasteiger partial charge in [0.05, 0.1) is 11.4 Å². The normalized spacial score (nSPS) is 12.8. The zero-order valence-corrected chi connectivity index (χ0v) is 14.6. The molecular formula is C18H13BrN2O4. The first kappa shape index (κ1) is 15.7. The summed E-state index contributed by atoms with van der Waals surface area (Å²) < 4.78 is 13.4. The minimum atomic E-state index is -1.04. The molecule has 0 radical (unpaired) electrons. The number of hydrogen-bond donors (Lipinski definition) is 1. The van der Waals surface area contributed by atoms with E-state index in [0.717, 1.165) is 10.0 Å². The van der Waals surface area contributed by atoms with Crippen molar-refractivity contribution in [2.45, 2.75) is 0 Å². The van der Waals surface area contributed by atoms with Gasteiger partial charge in [0.25, 0.3) is 0 Å². The number of fused-ring (bicyclic) bond motifs is 1. The standard InChI is InChI=1S/C18H13BrN2O4/c19-12-2-4-13(5-3-12)21-15(18(22)23)10-14(20-21)11-1-6-16-17(9-11)25-8-7-24-16/h1-6,9-10H,7-8H2,(H,22,23). The summed E-state index contributed by atoms with van der Waals surface area (Å²) in [6.45, 7) is 1.01. The number of ether oxygens (including phenoxy) is 2. The van der Waals surface area contributed by atoms with Gasteiger partial charge in [-0.05, 0) is 48.5 Å². The van der Waals surface area contributed by atoms with Gasteiger partial charge in [-0.3, -0.25) is 0 Å². The van der Waals surface area contributed by atoms with Gasteiger partial charge in [-0.1, -0.05) is 15.9 Å². The van der Waals surface area contributed by atoms with E-state index in [-0.39, 0.29) is 5.69 Å². The average Bonchev–Trinajstić information content (AvgIpc) is 3.07. The van der Waals surface area contributed by atoms with Gasteiger partial charge in [-0.25, -0.2) is 9.48 Å². The van der Waals surface area contributed by atoms with E-state index in [1.54, 1.807) is 18.2 Å². The number of rotatable bonds is 3. The van der Waals surface area contributed by atoms with Crippen LogP contribution >= 0.6 is 15.9 Å². The van der Waals surface area contributed by atoms with Crippen molar-refractivity contribution in [3.63, 3.8) is 0 Å². The highest BCUT2D eigenvalue weighted by atomic mass is 79.9. The smallest absolute Gasteiger partial charge is 0.354 e. The quantitative estimate of drug-likeness (QED) is 0.724. The topological polar surface area (TPSA) is 73.6 Å². The largest absolute Gasteiger partial charge is 0.486 e. The van der Waals surface area contributed by atoms with Crippen molar-refractivity contribution in [3.8, 4) is 28.4 Å². The van der Waals surface area contributed by atoms with Gasteiger partial charge >= 0.3 is 5.97 Å². The van der Waals surface area contributed by atoms with Gasteiger partial charge in [-0.15, -0.1) is 0 Å². The van der Waals surface area contributed by atoms with E-state index in [1.165, 1.54) is 4.68 Å². The molecule has 0 saturated heterocycles. The van der Waals surface area contributed by atoms with Crippen LogP contribution in [0.25, 0.3) is 16.9 Å². The number of aromatic carboxylic acids is 1. The molecule has 2 aromatic carbocycles. The highest BCUT2D eigenvalue weighted by Gasteiger charge is 2.19. The van der Waals surface area contributed by atoms with Gasteiger partial charge in [0.1, 0.15) is 13.2 Å². The number of benzene rings is 2. The molecule has 0 fully saturated rings. The van der Waals surface area contributed by atoms with Crippen molar-refractivity contribution < 1.29 is 19.4 Å². The lowest BCUT2D eigenvalue weighted by Crippen LogP contribution is -2.15. The van der Waals surface area contributed by atoms with Gasteiger partial charge < -0.3 is 14.6 Å². The molecule has 0 amide bonds. The molecule has 0 atom stereocenters. The van der Waals surface area contributed by atoms with Gasteiger partial charge in [0.15, 0.2) is 17.2 Å². The van der Waals surface area contributed by atoms with E-state index in [4.69, 9.17) is 9.47 Å². The molecule has 0 bridgehead atoms. The Balaban J connectivity index is 1.80. The molecule has 6 nitrogen and oxygen atoms in total. The molecule has 0 unspecified atom stereocenters. The van der Waals surface area contributed by atoms with E-state index in [1.807, 2.05) is 30.3 Å². The highest BCUT2D eigenvalue weighted by molar-refractivity contribution is 9.10. The fourth-order valence-electron chi connectivity index (χ4n) is 2.66. The number of halogens is 1. The molecule has 0 spiro atoms. The Morgan fingerprint density at radius 3 is 2.48 bits per heavy atom. The lowest BCUT2D eigenvalue weighted by molar-refractivity contribution is 0.0687. The summed E-state index contributed by atoms with van der Waals surface area (Å²) in [7, 11) is 0. The summed E-state index contributed by atoms with van der Waals surface area (Å²) in [6, 6.07) is 14.3. The van der Waals surface area contributed by atoms with Crippen LogP contribution in [0.1, 0.15) is 10.5 Å². The summed E-state index contributed by atoms with van der Waals surface area (Å²) in [6.07, 6.45) is 0. The van der Waals surface area contributed by atoms with Crippen molar-refractivity contribution >= 4 is 21.9 Å². The Labute approximate surface area is 151 Å². The molecule has 1 aliphatic heterocycles. The van der Waals surface area contributed by atoms with Crippen LogP contribution in [0.5, 0.6) is 11.5 Å². The summed E-state index contributed by atoms with van der Waals surface area (Å²) >= 11 is 3.37. The molecule has 1 aliphatic rings. The summed E-state index contributed by atoms with van der Waals surface area (Å²) in [5.41, 5.74) is 2.08. The molecule has 0 aliphatic carbocycles. The van der Waals surface area contributed by atoms with E-state index in [0.29, 0.717) is 36.1 Å². The maximum absolute atomic E-state index is 11.6. The fraction of sp³-hybridized carbons (Fsp3) is 0.111. The second kappa shape index (κ2) is 6.25. The predicted molar refractivity (Wildman–Crippen MR) is 94.6 cm³/mol. The second-order valence-electron chi connectivity index (χ2n) is 5.47. The molecule has 7 heteroatoms. The number of hydrogen-bond acceptors (Lipinski definition) is 4. The van der Waals surface area contributed by atoms with Crippen molar-refractivity contribution in [3.05, 3.63) is 58.7 Å². The lowest BCUT2D eigenvalue weighted by atomic mass is 10.1. The van der Waals surface area contributed by atoms with Crippen LogP contribution in [0.15, 0.2) is 53.0 Å². The summed E-state index contributed by atoms with van der Waals surface area (Å²) in [4.78, 5) is 11.6. The molecular weight excluding hydrogens is 388 g/mol. The minimum absolute atomic E-state index is 0.0900. The number of carbonyl (C=O) groups is 1. The lowest BCUT2D eigenvalue weighted by Gasteiger charge is -2.18. The first-order chi connectivity index (χ1) is 12.1. The molecule has 126 valence electrons. The first-order valence-corrected chi connectivity index (χ1v) is 8.40. The average molecular weight is 401 g/mol. The monoisotopic (exact) mass is 400 g/mol. The van der Waals surface area contributed by atoms with E-state index >= 15 is 0 Å². The first-order valence-electron chi connectivity index (χ1n) is 7.61. The van der Waals surface area contributed by atoms with E-state index in [2.05, 4.69) is 21.0 Å². The SMILES string of the molecule is O=C(O)c1cc(-c2ccc3c(c2)OCCO3)nn1-c1ccc(Br)cc1. The van der Waals surface area contributed by atoms with Gasteiger partial charge in [-0.2, -0.15) is 5.10 Å². The third-order valence-corrected chi connectivity index (χ3v) is 4.37. The van der Waals surface area contributed by atoms with E-state index < -0.39 is 5.97 Å².